The Morgan fingerprint density at radius 2 is 1.89 bits per heavy atom. The standard InChI is InChI=1S/C13H19FN2O2/c1-12(2,13(3,4)15)11(18)16-8-5-6-10(17)9(14)7-8/h5-7,17H,15H2,1-4H3,(H,16,18). The summed E-state index contributed by atoms with van der Waals surface area (Å²) in [5.74, 6) is -1.54. The summed E-state index contributed by atoms with van der Waals surface area (Å²) in [6.45, 7) is 6.95. The molecule has 0 bridgehead atoms. The van der Waals surface area contributed by atoms with Gasteiger partial charge >= 0.3 is 0 Å². The normalized spacial score (nSPS) is 12.3. The molecule has 100 valence electrons. The smallest absolute Gasteiger partial charge is 0.231 e. The summed E-state index contributed by atoms with van der Waals surface area (Å²) in [5.41, 5.74) is 4.70. The molecule has 0 fully saturated rings. The third-order valence-electron chi connectivity index (χ3n) is 3.38. The molecule has 1 rings (SSSR count). The first-order valence-corrected chi connectivity index (χ1v) is 5.64. The Bertz CT molecular complexity index is 465. The van der Waals surface area contributed by atoms with Crippen molar-refractivity contribution in [1.29, 1.82) is 0 Å². The van der Waals surface area contributed by atoms with Crippen LogP contribution in [-0.4, -0.2) is 16.6 Å². The highest BCUT2D eigenvalue weighted by Crippen LogP contribution is 2.30. The van der Waals surface area contributed by atoms with Gasteiger partial charge in [0, 0.05) is 17.3 Å². The van der Waals surface area contributed by atoms with Gasteiger partial charge in [0.25, 0.3) is 0 Å². The number of phenols is 1. The van der Waals surface area contributed by atoms with E-state index in [1.165, 1.54) is 12.1 Å². The van der Waals surface area contributed by atoms with Crippen LogP contribution in [0.15, 0.2) is 18.2 Å². The van der Waals surface area contributed by atoms with Gasteiger partial charge in [-0.1, -0.05) is 0 Å². The number of hydrogen-bond acceptors (Lipinski definition) is 3. The van der Waals surface area contributed by atoms with Gasteiger partial charge in [0.1, 0.15) is 0 Å². The highest BCUT2D eigenvalue weighted by Gasteiger charge is 2.40. The molecular weight excluding hydrogens is 235 g/mol. The van der Waals surface area contributed by atoms with Crippen LogP contribution in [0.2, 0.25) is 0 Å². The lowest BCUT2D eigenvalue weighted by molar-refractivity contribution is -0.126. The number of anilines is 1. The molecule has 0 aliphatic rings. The minimum absolute atomic E-state index is 0.285. The molecule has 0 radical (unpaired) electrons. The van der Waals surface area contributed by atoms with E-state index in [2.05, 4.69) is 5.32 Å². The zero-order valence-electron chi connectivity index (χ0n) is 11.0. The molecule has 1 aromatic carbocycles. The van der Waals surface area contributed by atoms with Crippen molar-refractivity contribution >= 4 is 11.6 Å². The van der Waals surface area contributed by atoms with Crippen LogP contribution in [0.3, 0.4) is 0 Å². The summed E-state index contributed by atoms with van der Waals surface area (Å²) in [7, 11) is 0. The summed E-state index contributed by atoms with van der Waals surface area (Å²) >= 11 is 0. The highest BCUT2D eigenvalue weighted by atomic mass is 19.1. The van der Waals surface area contributed by atoms with E-state index in [1.807, 2.05) is 0 Å². The number of amides is 1. The Balaban J connectivity index is 2.91. The van der Waals surface area contributed by atoms with Crippen molar-refractivity contribution in [3.63, 3.8) is 0 Å². The monoisotopic (exact) mass is 254 g/mol. The van der Waals surface area contributed by atoms with E-state index in [0.717, 1.165) is 6.07 Å². The highest BCUT2D eigenvalue weighted by molar-refractivity contribution is 5.95. The fourth-order valence-corrected chi connectivity index (χ4v) is 1.16. The number of carbonyl (C=O) groups excluding carboxylic acids is 1. The molecule has 0 saturated carbocycles. The van der Waals surface area contributed by atoms with Gasteiger partial charge < -0.3 is 16.2 Å². The number of nitrogens with one attached hydrogen (secondary N) is 1. The minimum atomic E-state index is -0.818. The fourth-order valence-electron chi connectivity index (χ4n) is 1.16. The molecule has 0 aliphatic carbocycles. The molecule has 0 aliphatic heterocycles. The molecule has 1 amide bonds. The van der Waals surface area contributed by atoms with Crippen LogP contribution in [0.1, 0.15) is 27.7 Å². The second-order valence-corrected chi connectivity index (χ2v) is 5.47. The topological polar surface area (TPSA) is 75.4 Å². The first-order chi connectivity index (χ1) is 8.05. The molecule has 0 atom stereocenters. The van der Waals surface area contributed by atoms with Gasteiger partial charge in [-0.25, -0.2) is 4.39 Å². The van der Waals surface area contributed by atoms with Crippen molar-refractivity contribution in [3.05, 3.63) is 24.0 Å². The third kappa shape index (κ3) is 2.79. The van der Waals surface area contributed by atoms with E-state index in [0.29, 0.717) is 0 Å². The van der Waals surface area contributed by atoms with E-state index in [1.54, 1.807) is 27.7 Å². The second-order valence-electron chi connectivity index (χ2n) is 5.47. The maximum absolute atomic E-state index is 13.1. The number of hydrogen-bond donors (Lipinski definition) is 3. The molecule has 5 heteroatoms. The van der Waals surface area contributed by atoms with Gasteiger partial charge in [0.2, 0.25) is 5.91 Å². The van der Waals surface area contributed by atoms with Crippen LogP contribution in [-0.2, 0) is 4.79 Å². The second kappa shape index (κ2) is 4.57. The molecule has 0 spiro atoms. The van der Waals surface area contributed by atoms with E-state index < -0.39 is 22.5 Å². The first kappa shape index (κ1) is 14.4. The predicted octanol–water partition coefficient (Wildman–Crippen LogP) is 2.23. The zero-order valence-corrected chi connectivity index (χ0v) is 11.0. The lowest BCUT2D eigenvalue weighted by atomic mass is 9.74. The number of benzene rings is 1. The number of rotatable bonds is 3. The summed E-state index contributed by atoms with van der Waals surface area (Å²) in [6, 6.07) is 3.67. The first-order valence-electron chi connectivity index (χ1n) is 5.64. The van der Waals surface area contributed by atoms with Gasteiger partial charge in [-0.15, -0.1) is 0 Å². The Kier molecular flexibility index (Phi) is 3.67. The number of halogens is 1. The number of carbonyl (C=O) groups is 1. The van der Waals surface area contributed by atoms with Crippen LogP contribution < -0.4 is 11.1 Å². The molecule has 0 saturated heterocycles. The van der Waals surface area contributed by atoms with Crippen molar-refractivity contribution in [3.8, 4) is 5.75 Å². The average molecular weight is 254 g/mol. The van der Waals surface area contributed by atoms with Crippen molar-refractivity contribution in [2.75, 3.05) is 5.32 Å². The number of phenolic OH excluding ortho intramolecular Hbond substituents is 1. The largest absolute Gasteiger partial charge is 0.505 e. The molecule has 18 heavy (non-hydrogen) atoms. The van der Waals surface area contributed by atoms with Gasteiger partial charge in [0.15, 0.2) is 11.6 Å². The SMILES string of the molecule is CC(C)(N)C(C)(C)C(=O)Nc1ccc(O)c(F)c1. The van der Waals surface area contributed by atoms with Crippen molar-refractivity contribution in [1.82, 2.24) is 0 Å². The maximum Gasteiger partial charge on any atom is 0.231 e. The number of nitrogens with two attached hydrogens (primary N) is 1. The zero-order chi connectivity index (χ0) is 14.1. The van der Waals surface area contributed by atoms with E-state index in [4.69, 9.17) is 10.8 Å². The molecular formula is C13H19FN2O2. The summed E-state index contributed by atoms with van der Waals surface area (Å²) in [4.78, 5) is 12.1. The minimum Gasteiger partial charge on any atom is -0.505 e. The Morgan fingerprint density at radius 3 is 2.33 bits per heavy atom. The van der Waals surface area contributed by atoms with Gasteiger partial charge in [0.05, 0.1) is 5.41 Å². The summed E-state index contributed by atoms with van der Waals surface area (Å²) in [5, 5.41) is 11.6. The van der Waals surface area contributed by atoms with Crippen LogP contribution in [0.25, 0.3) is 0 Å². The molecule has 4 N–H and O–H groups in total. The molecule has 0 aromatic heterocycles. The van der Waals surface area contributed by atoms with E-state index >= 15 is 0 Å². The summed E-state index contributed by atoms with van der Waals surface area (Å²) in [6.07, 6.45) is 0. The van der Waals surface area contributed by atoms with E-state index in [9.17, 15) is 9.18 Å². The van der Waals surface area contributed by atoms with Crippen LogP contribution in [0.5, 0.6) is 5.75 Å². The lowest BCUT2D eigenvalue weighted by Gasteiger charge is -2.36. The molecule has 0 unspecified atom stereocenters. The number of aromatic hydroxyl groups is 1. The lowest BCUT2D eigenvalue weighted by Crippen LogP contribution is -2.53. The third-order valence-corrected chi connectivity index (χ3v) is 3.38. The molecule has 1 aromatic rings. The Labute approximate surface area is 106 Å². The van der Waals surface area contributed by atoms with Crippen LogP contribution in [0, 0.1) is 11.2 Å². The van der Waals surface area contributed by atoms with Crippen LogP contribution >= 0.6 is 0 Å². The fraction of sp³-hybridized carbons (Fsp3) is 0.462. The maximum atomic E-state index is 13.1. The van der Waals surface area contributed by atoms with Gasteiger partial charge in [-0.05, 0) is 39.8 Å². The van der Waals surface area contributed by atoms with Crippen molar-refractivity contribution in [2.45, 2.75) is 33.2 Å². The Morgan fingerprint density at radius 1 is 1.33 bits per heavy atom. The van der Waals surface area contributed by atoms with Gasteiger partial charge in [-0.2, -0.15) is 0 Å². The average Bonchev–Trinajstić information content (AvgIpc) is 2.21. The summed E-state index contributed by atoms with van der Waals surface area (Å²) < 4.78 is 13.1. The molecule has 4 nitrogen and oxygen atoms in total. The van der Waals surface area contributed by atoms with Crippen molar-refractivity contribution in [2.24, 2.45) is 11.1 Å². The quantitative estimate of drug-likeness (QED) is 0.724. The van der Waals surface area contributed by atoms with Crippen molar-refractivity contribution < 1.29 is 14.3 Å². The molecule has 0 heterocycles. The Hall–Kier alpha value is -1.62. The van der Waals surface area contributed by atoms with E-state index in [-0.39, 0.29) is 11.6 Å². The van der Waals surface area contributed by atoms with Crippen LogP contribution in [0.4, 0.5) is 10.1 Å². The predicted molar refractivity (Wildman–Crippen MR) is 68.7 cm³/mol. The van der Waals surface area contributed by atoms with Gasteiger partial charge in [-0.3, -0.25) is 4.79 Å².